The number of hydrogen-bond donors (Lipinski definition) is 1. The van der Waals surface area contributed by atoms with Crippen LogP contribution in [0, 0.1) is 13.8 Å². The number of carbonyl (C=O) groups excluding carboxylic acids is 1. The van der Waals surface area contributed by atoms with Gasteiger partial charge < -0.3 is 10.1 Å². The van der Waals surface area contributed by atoms with Crippen molar-refractivity contribution in [2.75, 3.05) is 0 Å². The summed E-state index contributed by atoms with van der Waals surface area (Å²) >= 11 is 1.35. The Morgan fingerprint density at radius 1 is 1.00 bits per heavy atom. The van der Waals surface area contributed by atoms with Crippen LogP contribution in [0.4, 0.5) is 5.69 Å². The van der Waals surface area contributed by atoms with Crippen molar-refractivity contribution >= 4 is 34.6 Å². The molecule has 30 heavy (non-hydrogen) atoms. The first-order valence-electron chi connectivity index (χ1n) is 9.70. The van der Waals surface area contributed by atoms with Gasteiger partial charge in [-0.1, -0.05) is 60.2 Å². The Morgan fingerprint density at radius 2 is 1.77 bits per heavy atom. The molecule has 1 heterocycles. The summed E-state index contributed by atoms with van der Waals surface area (Å²) in [5, 5.41) is 3.44. The summed E-state index contributed by atoms with van der Waals surface area (Å²) < 4.78 is 5.82. The molecule has 0 atom stereocenters. The third-order valence-corrected chi connectivity index (χ3v) is 5.56. The number of aryl methyl sites for hydroxylation is 2. The molecule has 1 saturated heterocycles. The van der Waals surface area contributed by atoms with Gasteiger partial charge in [0.2, 0.25) is 0 Å². The fraction of sp³-hybridized carbons (Fsp3) is 0.120. The average molecular weight is 415 g/mol. The van der Waals surface area contributed by atoms with Crippen LogP contribution in [0.25, 0.3) is 6.08 Å². The number of amides is 1. The lowest BCUT2D eigenvalue weighted by Crippen LogP contribution is -2.19. The molecule has 5 heteroatoms. The molecule has 0 bridgehead atoms. The first-order valence-corrected chi connectivity index (χ1v) is 10.5. The number of carbonyl (C=O) groups is 1. The second-order valence-electron chi connectivity index (χ2n) is 7.11. The Kier molecular flexibility index (Phi) is 6.00. The summed E-state index contributed by atoms with van der Waals surface area (Å²) in [5.41, 5.74) is 5.20. The lowest BCUT2D eigenvalue weighted by molar-refractivity contribution is -0.115. The molecule has 1 aliphatic rings. The molecule has 0 aromatic heterocycles. The van der Waals surface area contributed by atoms with Crippen molar-refractivity contribution in [2.24, 2.45) is 4.99 Å². The van der Waals surface area contributed by atoms with Crippen molar-refractivity contribution < 1.29 is 9.53 Å². The van der Waals surface area contributed by atoms with E-state index < -0.39 is 0 Å². The van der Waals surface area contributed by atoms with Crippen molar-refractivity contribution in [3.63, 3.8) is 0 Å². The lowest BCUT2D eigenvalue weighted by atomic mass is 10.1. The number of hydrogen-bond acceptors (Lipinski definition) is 4. The monoisotopic (exact) mass is 414 g/mol. The second kappa shape index (κ2) is 9.01. The first-order chi connectivity index (χ1) is 14.6. The molecule has 0 radical (unpaired) electrons. The van der Waals surface area contributed by atoms with Crippen LogP contribution in [0.1, 0.15) is 22.3 Å². The van der Waals surface area contributed by atoms with Gasteiger partial charge in [-0.3, -0.25) is 4.79 Å². The van der Waals surface area contributed by atoms with Gasteiger partial charge in [-0.05, 0) is 66.6 Å². The summed E-state index contributed by atoms with van der Waals surface area (Å²) in [6.07, 6.45) is 1.87. The quantitative estimate of drug-likeness (QED) is 0.539. The summed E-state index contributed by atoms with van der Waals surface area (Å²) in [4.78, 5) is 17.6. The van der Waals surface area contributed by atoms with Crippen LogP contribution < -0.4 is 10.1 Å². The van der Waals surface area contributed by atoms with Crippen LogP contribution in [-0.4, -0.2) is 11.1 Å². The number of thioether (sulfide) groups is 1. The van der Waals surface area contributed by atoms with Gasteiger partial charge in [-0.15, -0.1) is 0 Å². The van der Waals surface area contributed by atoms with Gasteiger partial charge >= 0.3 is 0 Å². The predicted octanol–water partition coefficient (Wildman–Crippen LogP) is 5.77. The molecular weight excluding hydrogens is 392 g/mol. The van der Waals surface area contributed by atoms with Crippen LogP contribution in [-0.2, 0) is 11.4 Å². The van der Waals surface area contributed by atoms with Crippen LogP contribution in [0.5, 0.6) is 5.75 Å². The van der Waals surface area contributed by atoms with Gasteiger partial charge in [-0.2, -0.15) is 0 Å². The summed E-state index contributed by atoms with van der Waals surface area (Å²) in [7, 11) is 0. The minimum absolute atomic E-state index is 0.132. The Labute approximate surface area is 180 Å². The van der Waals surface area contributed by atoms with E-state index in [-0.39, 0.29) is 5.91 Å². The molecule has 4 nitrogen and oxygen atoms in total. The zero-order valence-corrected chi connectivity index (χ0v) is 17.7. The van der Waals surface area contributed by atoms with Crippen LogP contribution in [0.15, 0.2) is 82.7 Å². The summed E-state index contributed by atoms with van der Waals surface area (Å²) in [6.45, 7) is 4.60. The van der Waals surface area contributed by atoms with E-state index in [9.17, 15) is 4.79 Å². The highest BCUT2D eigenvalue weighted by atomic mass is 32.2. The molecule has 1 aliphatic heterocycles. The number of nitrogens with one attached hydrogen (secondary N) is 1. The van der Waals surface area contributed by atoms with Crippen molar-refractivity contribution in [1.29, 1.82) is 0 Å². The molecule has 0 saturated carbocycles. The maximum atomic E-state index is 12.3. The van der Waals surface area contributed by atoms with E-state index in [4.69, 9.17) is 4.74 Å². The Balaban J connectivity index is 1.43. The van der Waals surface area contributed by atoms with E-state index in [1.807, 2.05) is 79.7 Å². The molecule has 3 aromatic carbocycles. The van der Waals surface area contributed by atoms with Crippen molar-refractivity contribution in [1.82, 2.24) is 5.32 Å². The van der Waals surface area contributed by atoms with Crippen LogP contribution in [0.3, 0.4) is 0 Å². The van der Waals surface area contributed by atoms with Gasteiger partial charge in [0.1, 0.15) is 12.4 Å². The molecule has 0 spiro atoms. The van der Waals surface area contributed by atoms with Crippen LogP contribution >= 0.6 is 11.8 Å². The predicted molar refractivity (Wildman–Crippen MR) is 124 cm³/mol. The minimum Gasteiger partial charge on any atom is -0.489 e. The number of benzene rings is 3. The minimum atomic E-state index is -0.132. The van der Waals surface area contributed by atoms with Crippen molar-refractivity contribution in [3.05, 3.63) is 100.0 Å². The molecule has 0 aliphatic carbocycles. The van der Waals surface area contributed by atoms with Gasteiger partial charge in [0.05, 0.1) is 10.6 Å². The largest absolute Gasteiger partial charge is 0.489 e. The number of amidine groups is 1. The van der Waals surface area contributed by atoms with Gasteiger partial charge in [0.15, 0.2) is 5.17 Å². The highest BCUT2D eigenvalue weighted by Crippen LogP contribution is 2.29. The van der Waals surface area contributed by atoms with E-state index in [0.717, 1.165) is 28.1 Å². The normalized spacial score (nSPS) is 16.1. The number of aliphatic imine (C=N–C) groups is 1. The van der Waals surface area contributed by atoms with Crippen molar-refractivity contribution in [2.45, 2.75) is 20.5 Å². The number of ether oxygens (including phenoxy) is 1. The molecule has 1 amide bonds. The fourth-order valence-electron chi connectivity index (χ4n) is 3.07. The number of rotatable bonds is 5. The first kappa shape index (κ1) is 20.0. The standard InChI is InChI=1S/C25H22N2O2S/c1-17-8-13-22(18(2)14-17)26-25-27-24(28)23(30-25)15-19-9-11-21(12-10-19)29-16-20-6-4-3-5-7-20/h3-15H,16H2,1-2H3,(H,26,27,28). The average Bonchev–Trinajstić information content (AvgIpc) is 3.09. The van der Waals surface area contributed by atoms with Gasteiger partial charge in [0.25, 0.3) is 5.91 Å². The van der Waals surface area contributed by atoms with E-state index in [1.54, 1.807) is 0 Å². The Bertz CT molecular complexity index is 1120. The van der Waals surface area contributed by atoms with E-state index in [0.29, 0.717) is 16.7 Å². The molecule has 0 unspecified atom stereocenters. The maximum absolute atomic E-state index is 12.3. The molecule has 1 N–H and O–H groups in total. The molecule has 3 aromatic rings. The summed E-state index contributed by atoms with van der Waals surface area (Å²) in [6, 6.07) is 23.8. The Morgan fingerprint density at radius 3 is 2.50 bits per heavy atom. The maximum Gasteiger partial charge on any atom is 0.264 e. The van der Waals surface area contributed by atoms with E-state index in [2.05, 4.69) is 23.3 Å². The molecule has 150 valence electrons. The Hall–Kier alpha value is -3.31. The third kappa shape index (κ3) is 4.99. The summed E-state index contributed by atoms with van der Waals surface area (Å²) in [5.74, 6) is 0.662. The highest BCUT2D eigenvalue weighted by molar-refractivity contribution is 8.18. The topological polar surface area (TPSA) is 50.7 Å². The highest BCUT2D eigenvalue weighted by Gasteiger charge is 2.23. The second-order valence-corrected chi connectivity index (χ2v) is 8.15. The SMILES string of the molecule is Cc1ccc(N=C2NC(=O)C(=Cc3ccc(OCc4ccccc4)cc3)S2)c(C)c1. The van der Waals surface area contributed by atoms with Crippen LogP contribution in [0.2, 0.25) is 0 Å². The molecule has 1 fully saturated rings. The van der Waals surface area contributed by atoms with Gasteiger partial charge in [-0.25, -0.2) is 4.99 Å². The fourth-order valence-corrected chi connectivity index (χ4v) is 3.91. The van der Waals surface area contributed by atoms with E-state index in [1.165, 1.54) is 17.3 Å². The molecule has 4 rings (SSSR count). The van der Waals surface area contributed by atoms with Gasteiger partial charge in [0, 0.05) is 0 Å². The lowest BCUT2D eigenvalue weighted by Gasteiger charge is -2.06. The van der Waals surface area contributed by atoms with E-state index >= 15 is 0 Å². The zero-order valence-electron chi connectivity index (χ0n) is 16.9. The van der Waals surface area contributed by atoms with Crippen molar-refractivity contribution in [3.8, 4) is 5.75 Å². The molecular formula is C25H22N2O2S. The number of nitrogens with zero attached hydrogens (tertiary/aromatic N) is 1. The third-order valence-electron chi connectivity index (χ3n) is 4.65. The smallest absolute Gasteiger partial charge is 0.264 e. The zero-order chi connectivity index (χ0) is 20.9.